The molecule has 0 spiro atoms. The molecule has 0 aromatic heterocycles. The van der Waals surface area contributed by atoms with Crippen LogP contribution in [0.3, 0.4) is 0 Å². The van der Waals surface area contributed by atoms with Crippen LogP contribution in [0.1, 0.15) is 41.0 Å². The molecule has 0 saturated carbocycles. The van der Waals surface area contributed by atoms with Crippen molar-refractivity contribution >= 4 is 17.6 Å². The normalized spacial score (nSPS) is 14.4. The maximum atomic E-state index is 11.9. The third-order valence-electron chi connectivity index (χ3n) is 2.54. The van der Waals surface area contributed by atoms with Gasteiger partial charge in [0.05, 0.1) is 18.5 Å². The van der Waals surface area contributed by atoms with Crippen molar-refractivity contribution in [3.8, 4) is 0 Å². The second-order valence-corrected chi connectivity index (χ2v) is 5.68. The van der Waals surface area contributed by atoms with Gasteiger partial charge in [0.25, 0.3) is 0 Å². The molecule has 6 nitrogen and oxygen atoms in total. The molecule has 110 valence electrons. The van der Waals surface area contributed by atoms with Gasteiger partial charge in [0.15, 0.2) is 5.78 Å². The number of amides is 2. The van der Waals surface area contributed by atoms with Gasteiger partial charge in [-0.2, -0.15) is 0 Å². The molecule has 0 aromatic rings. The van der Waals surface area contributed by atoms with Gasteiger partial charge in [-0.15, -0.1) is 0 Å². The second kappa shape index (κ2) is 7.23. The van der Waals surface area contributed by atoms with E-state index in [1.54, 1.807) is 14.0 Å². The Morgan fingerprint density at radius 2 is 1.68 bits per heavy atom. The van der Waals surface area contributed by atoms with Gasteiger partial charge in [-0.25, -0.2) is 0 Å². The number of likely N-dealkylation sites (N-methyl/N-ethyl adjacent to an activating group) is 1. The maximum absolute atomic E-state index is 11.9. The molecular weight excluding hydrogens is 246 g/mol. The molecule has 0 aromatic carbocycles. The third kappa shape index (κ3) is 7.56. The van der Waals surface area contributed by atoms with E-state index in [0.717, 1.165) is 0 Å². The van der Waals surface area contributed by atoms with E-state index in [1.807, 2.05) is 20.8 Å². The van der Waals surface area contributed by atoms with Crippen molar-refractivity contribution in [1.29, 1.82) is 0 Å². The molecular formula is C13H25N3O3. The molecule has 0 rings (SSSR count). The molecule has 0 bridgehead atoms. The molecule has 3 N–H and O–H groups in total. The molecule has 0 fully saturated rings. The number of Topliss-reactive ketones (excluding diaryl/α,β-unsaturated/α-hetero) is 1. The standard InChI is InChI=1S/C13H25N3O3/c1-8(9(2)17)15-12(19)10(14-6)7-11(18)16-13(3,4)5/h8,10,14H,7H2,1-6H3,(H,15,19)(H,16,18)/t8?,10-/m0/s1. The average molecular weight is 271 g/mol. The number of carbonyl (C=O) groups excluding carboxylic acids is 3. The highest BCUT2D eigenvalue weighted by molar-refractivity contribution is 5.92. The molecule has 0 saturated heterocycles. The fourth-order valence-electron chi connectivity index (χ4n) is 1.40. The number of ketones is 1. The van der Waals surface area contributed by atoms with Crippen molar-refractivity contribution in [2.45, 2.75) is 58.7 Å². The van der Waals surface area contributed by atoms with Crippen LogP contribution in [0.25, 0.3) is 0 Å². The van der Waals surface area contributed by atoms with E-state index in [2.05, 4.69) is 16.0 Å². The third-order valence-corrected chi connectivity index (χ3v) is 2.54. The number of hydrogen-bond acceptors (Lipinski definition) is 4. The molecule has 6 heteroatoms. The quantitative estimate of drug-likeness (QED) is 0.633. The predicted molar refractivity (Wildman–Crippen MR) is 73.6 cm³/mol. The van der Waals surface area contributed by atoms with Gasteiger partial charge in [-0.1, -0.05) is 0 Å². The summed E-state index contributed by atoms with van der Waals surface area (Å²) in [5, 5.41) is 8.14. The minimum Gasteiger partial charge on any atom is -0.351 e. The largest absolute Gasteiger partial charge is 0.351 e. The number of nitrogens with one attached hydrogen (secondary N) is 3. The molecule has 0 aliphatic heterocycles. The molecule has 0 heterocycles. The summed E-state index contributed by atoms with van der Waals surface area (Å²) in [7, 11) is 1.60. The van der Waals surface area contributed by atoms with Gasteiger partial charge in [0.1, 0.15) is 0 Å². The van der Waals surface area contributed by atoms with Crippen molar-refractivity contribution in [1.82, 2.24) is 16.0 Å². The van der Waals surface area contributed by atoms with Crippen LogP contribution in [0.5, 0.6) is 0 Å². The van der Waals surface area contributed by atoms with Crippen LogP contribution in [-0.2, 0) is 14.4 Å². The van der Waals surface area contributed by atoms with Gasteiger partial charge in [-0.05, 0) is 41.7 Å². The minimum atomic E-state index is -0.649. The summed E-state index contributed by atoms with van der Waals surface area (Å²) >= 11 is 0. The van der Waals surface area contributed by atoms with Crippen molar-refractivity contribution in [2.24, 2.45) is 0 Å². The summed E-state index contributed by atoms with van der Waals surface area (Å²) in [5.74, 6) is -0.686. The van der Waals surface area contributed by atoms with Crippen LogP contribution in [0.4, 0.5) is 0 Å². The van der Waals surface area contributed by atoms with Crippen molar-refractivity contribution in [3.05, 3.63) is 0 Å². The van der Waals surface area contributed by atoms with Crippen LogP contribution < -0.4 is 16.0 Å². The lowest BCUT2D eigenvalue weighted by Gasteiger charge is -2.23. The second-order valence-electron chi connectivity index (χ2n) is 5.68. The number of carbonyl (C=O) groups is 3. The van der Waals surface area contributed by atoms with E-state index in [-0.39, 0.29) is 29.6 Å². The summed E-state index contributed by atoms with van der Waals surface area (Å²) in [4.78, 5) is 34.7. The van der Waals surface area contributed by atoms with Crippen molar-refractivity contribution in [3.63, 3.8) is 0 Å². The van der Waals surface area contributed by atoms with Crippen LogP contribution in [0.2, 0.25) is 0 Å². The van der Waals surface area contributed by atoms with E-state index < -0.39 is 12.1 Å². The van der Waals surface area contributed by atoms with Gasteiger partial charge in [0, 0.05) is 5.54 Å². The van der Waals surface area contributed by atoms with Gasteiger partial charge >= 0.3 is 0 Å². The SMILES string of the molecule is CN[C@@H](CC(=O)NC(C)(C)C)C(=O)NC(C)C(C)=O. The summed E-state index contributed by atoms with van der Waals surface area (Å²) in [6.45, 7) is 8.64. The van der Waals surface area contributed by atoms with Crippen LogP contribution in [0.15, 0.2) is 0 Å². The van der Waals surface area contributed by atoms with E-state index in [4.69, 9.17) is 0 Å². The highest BCUT2D eigenvalue weighted by Crippen LogP contribution is 2.01. The Bertz CT molecular complexity index is 348. The lowest BCUT2D eigenvalue weighted by Crippen LogP contribution is -2.51. The van der Waals surface area contributed by atoms with E-state index in [1.165, 1.54) is 6.92 Å². The zero-order valence-electron chi connectivity index (χ0n) is 12.6. The van der Waals surface area contributed by atoms with Crippen molar-refractivity contribution < 1.29 is 14.4 Å². The molecule has 2 amide bonds. The van der Waals surface area contributed by atoms with Gasteiger partial charge in [0.2, 0.25) is 11.8 Å². The Morgan fingerprint density at radius 1 is 1.16 bits per heavy atom. The van der Waals surface area contributed by atoms with Gasteiger partial charge < -0.3 is 16.0 Å². The van der Waals surface area contributed by atoms with Crippen LogP contribution in [-0.4, -0.2) is 42.3 Å². The van der Waals surface area contributed by atoms with E-state index in [9.17, 15) is 14.4 Å². The van der Waals surface area contributed by atoms with Crippen LogP contribution in [0, 0.1) is 0 Å². The smallest absolute Gasteiger partial charge is 0.238 e. The fraction of sp³-hybridized carbons (Fsp3) is 0.769. The Kier molecular flexibility index (Phi) is 6.69. The zero-order valence-corrected chi connectivity index (χ0v) is 12.6. The minimum absolute atomic E-state index is 0.0320. The molecule has 2 atom stereocenters. The first-order valence-corrected chi connectivity index (χ1v) is 6.36. The first-order valence-electron chi connectivity index (χ1n) is 6.36. The summed E-state index contributed by atoms with van der Waals surface area (Å²) < 4.78 is 0. The topological polar surface area (TPSA) is 87.3 Å². The predicted octanol–water partition coefficient (Wildman–Crippen LogP) is -0.0271. The Labute approximate surface area is 114 Å². The fourth-order valence-corrected chi connectivity index (χ4v) is 1.40. The Balaban J connectivity index is 4.46. The van der Waals surface area contributed by atoms with E-state index >= 15 is 0 Å². The Morgan fingerprint density at radius 3 is 2.05 bits per heavy atom. The molecule has 0 radical (unpaired) electrons. The highest BCUT2D eigenvalue weighted by atomic mass is 16.2. The molecule has 19 heavy (non-hydrogen) atoms. The van der Waals surface area contributed by atoms with E-state index in [0.29, 0.717) is 0 Å². The monoisotopic (exact) mass is 271 g/mol. The summed E-state index contributed by atoms with van der Waals surface area (Å²) in [5.41, 5.74) is -0.335. The molecule has 0 aliphatic rings. The number of rotatable bonds is 6. The lowest BCUT2D eigenvalue weighted by atomic mass is 10.1. The molecule has 1 unspecified atom stereocenters. The van der Waals surface area contributed by atoms with Crippen molar-refractivity contribution in [2.75, 3.05) is 7.05 Å². The van der Waals surface area contributed by atoms with Gasteiger partial charge in [-0.3, -0.25) is 14.4 Å². The zero-order chi connectivity index (χ0) is 15.2. The highest BCUT2D eigenvalue weighted by Gasteiger charge is 2.24. The lowest BCUT2D eigenvalue weighted by molar-refractivity contribution is -0.130. The number of hydrogen-bond donors (Lipinski definition) is 3. The first-order chi connectivity index (χ1) is 8.56. The summed E-state index contributed by atoms with van der Waals surface area (Å²) in [6.07, 6.45) is 0.0320. The van der Waals surface area contributed by atoms with Crippen LogP contribution >= 0.6 is 0 Å². The summed E-state index contributed by atoms with van der Waals surface area (Å²) in [6, 6.07) is -1.20. The first kappa shape index (κ1) is 17.6. The maximum Gasteiger partial charge on any atom is 0.238 e. The average Bonchev–Trinajstić information content (AvgIpc) is 2.22. The Hall–Kier alpha value is -1.43. The molecule has 0 aliphatic carbocycles.